The van der Waals surface area contributed by atoms with Gasteiger partial charge in [0.2, 0.25) is 5.88 Å². The molecule has 7 nitrogen and oxygen atoms in total. The van der Waals surface area contributed by atoms with Crippen LogP contribution in [0.2, 0.25) is 0 Å². The van der Waals surface area contributed by atoms with Gasteiger partial charge in [0.15, 0.2) is 0 Å². The fourth-order valence-electron chi connectivity index (χ4n) is 3.66. The van der Waals surface area contributed by atoms with Gasteiger partial charge in [0.25, 0.3) is 0 Å². The van der Waals surface area contributed by atoms with E-state index in [0.717, 1.165) is 16.8 Å². The highest BCUT2D eigenvalue weighted by atomic mass is 32.2. The normalized spacial score (nSPS) is 15.4. The van der Waals surface area contributed by atoms with E-state index in [0.29, 0.717) is 16.2 Å². The third-order valence-corrected chi connectivity index (χ3v) is 6.56. The Kier molecular flexibility index (Phi) is 7.60. The number of carbonyl (C=O) groups is 1. The highest BCUT2D eigenvalue weighted by Gasteiger charge is 2.38. The molecule has 9 heteroatoms. The molecule has 2 heterocycles. The number of hydrogen-bond acceptors (Lipinski definition) is 8. The van der Waals surface area contributed by atoms with Gasteiger partial charge < -0.3 is 15.2 Å². The fraction of sp³-hybridized carbons (Fsp3) is 0.280. The molecule has 3 rings (SSSR count). The number of benzene rings is 1. The molecule has 1 aliphatic rings. The molecule has 1 aromatic carbocycles. The molecule has 1 aromatic heterocycles. The Bertz CT molecular complexity index is 1300. The molecule has 0 saturated carbocycles. The van der Waals surface area contributed by atoms with Crippen LogP contribution < -0.4 is 5.73 Å². The van der Waals surface area contributed by atoms with Crippen LogP contribution in [0.1, 0.15) is 40.8 Å². The van der Waals surface area contributed by atoms with Crippen LogP contribution in [0, 0.1) is 49.3 Å². The molecule has 0 radical (unpaired) electrons. The first kappa shape index (κ1) is 24.8. The third-order valence-electron chi connectivity index (χ3n) is 5.59. The summed E-state index contributed by atoms with van der Waals surface area (Å²) in [5.41, 5.74) is 9.44. The van der Waals surface area contributed by atoms with Gasteiger partial charge in [-0.05, 0) is 56.5 Å². The molecule has 1 atom stereocenters. The summed E-state index contributed by atoms with van der Waals surface area (Å²) in [6.45, 7) is 7.36. The Balaban J connectivity index is 2.13. The highest BCUT2D eigenvalue weighted by Crippen LogP contribution is 2.41. The van der Waals surface area contributed by atoms with E-state index in [1.54, 1.807) is 13.0 Å². The summed E-state index contributed by atoms with van der Waals surface area (Å²) in [5.74, 6) is -2.11. The monoisotopic (exact) mass is 478 g/mol. The van der Waals surface area contributed by atoms with E-state index < -0.39 is 17.7 Å². The van der Waals surface area contributed by atoms with Crippen LogP contribution >= 0.6 is 11.8 Å². The van der Waals surface area contributed by atoms with E-state index in [2.05, 4.69) is 11.1 Å². The topological polar surface area (TPSA) is 122 Å². The van der Waals surface area contributed by atoms with Gasteiger partial charge in [0.1, 0.15) is 34.3 Å². The van der Waals surface area contributed by atoms with Crippen molar-refractivity contribution in [3.05, 3.63) is 80.8 Å². The largest absolute Gasteiger partial charge is 0.463 e. The van der Waals surface area contributed by atoms with Crippen molar-refractivity contribution >= 4 is 17.7 Å². The molecule has 0 aliphatic carbocycles. The molecule has 0 amide bonds. The number of carbonyl (C=O) groups excluding carboxylic acids is 1. The lowest BCUT2D eigenvalue weighted by atomic mass is 9.83. The minimum absolute atomic E-state index is 0.0136. The van der Waals surface area contributed by atoms with E-state index in [-0.39, 0.29) is 35.1 Å². The van der Waals surface area contributed by atoms with Crippen LogP contribution in [0.4, 0.5) is 4.39 Å². The van der Waals surface area contributed by atoms with Gasteiger partial charge >= 0.3 is 5.97 Å². The Morgan fingerprint density at radius 1 is 1.26 bits per heavy atom. The molecule has 2 N–H and O–H groups in total. The van der Waals surface area contributed by atoms with Crippen molar-refractivity contribution in [2.75, 3.05) is 12.4 Å². The van der Waals surface area contributed by atoms with E-state index >= 15 is 0 Å². The lowest BCUT2D eigenvalue weighted by Gasteiger charge is -2.28. The van der Waals surface area contributed by atoms with Crippen molar-refractivity contribution in [1.29, 1.82) is 10.5 Å². The summed E-state index contributed by atoms with van der Waals surface area (Å²) >= 11 is 1.21. The second-order valence-corrected chi connectivity index (χ2v) is 8.53. The fourth-order valence-corrected chi connectivity index (χ4v) is 4.69. The van der Waals surface area contributed by atoms with Crippen molar-refractivity contribution < 1.29 is 18.7 Å². The molecule has 0 unspecified atom stereocenters. The number of aromatic nitrogens is 1. The number of aryl methyl sites for hydroxylation is 1. The lowest BCUT2D eigenvalue weighted by molar-refractivity contribution is -0.139. The quantitative estimate of drug-likeness (QED) is 0.478. The van der Waals surface area contributed by atoms with Gasteiger partial charge in [-0.2, -0.15) is 10.5 Å². The van der Waals surface area contributed by atoms with Crippen LogP contribution in [-0.4, -0.2) is 23.3 Å². The van der Waals surface area contributed by atoms with Crippen LogP contribution in [0.3, 0.4) is 0 Å². The number of allylic oxidation sites excluding steroid dienone is 1. The van der Waals surface area contributed by atoms with Crippen molar-refractivity contribution in [2.45, 2.75) is 38.6 Å². The zero-order chi connectivity index (χ0) is 25.0. The minimum Gasteiger partial charge on any atom is -0.463 e. The zero-order valence-electron chi connectivity index (χ0n) is 19.2. The second kappa shape index (κ2) is 10.4. The molecular formula is C25H23FN4O3S. The average Bonchev–Trinajstić information content (AvgIpc) is 2.80. The minimum atomic E-state index is -0.964. The summed E-state index contributed by atoms with van der Waals surface area (Å²) in [5, 5.41) is 19.9. The van der Waals surface area contributed by atoms with E-state index in [9.17, 15) is 19.7 Å². The Labute approximate surface area is 201 Å². The number of nitrogens with zero attached hydrogens (tertiary/aromatic N) is 3. The molecule has 174 valence electrons. The zero-order valence-corrected chi connectivity index (χ0v) is 20.0. The maximum Gasteiger partial charge on any atom is 0.338 e. The number of halogens is 1. The maximum atomic E-state index is 14.0. The predicted molar refractivity (Wildman–Crippen MR) is 125 cm³/mol. The number of hydrogen-bond donors (Lipinski definition) is 1. The molecule has 34 heavy (non-hydrogen) atoms. The summed E-state index contributed by atoms with van der Waals surface area (Å²) in [4.78, 5) is 17.6. The second-order valence-electron chi connectivity index (χ2n) is 7.56. The van der Waals surface area contributed by atoms with Gasteiger partial charge in [0.05, 0.1) is 29.4 Å². The van der Waals surface area contributed by atoms with E-state index in [1.165, 1.54) is 30.0 Å². The third kappa shape index (κ3) is 4.75. The SMILES string of the molecule is CCOC(=O)C1=C(CSc2nc(C)c(C)c(C)c2C#N)OC(N)=C(C#N)[C@H]1c1cccc(F)c1. The predicted octanol–water partition coefficient (Wildman–Crippen LogP) is 4.43. The number of rotatable bonds is 6. The Morgan fingerprint density at radius 2 is 2.00 bits per heavy atom. The number of pyridine rings is 1. The van der Waals surface area contributed by atoms with Gasteiger partial charge in [-0.3, -0.25) is 0 Å². The first-order chi connectivity index (χ1) is 16.2. The standard InChI is InChI=1S/C25H23FN4O3S/c1-5-32-25(31)22-20(12-34-24-18(10-27)14(3)13(2)15(4)30-24)33-23(29)19(11-28)21(22)16-7-6-8-17(26)9-16/h6-9,21H,5,12,29H2,1-4H3/t21-/m1/s1. The van der Waals surface area contributed by atoms with Crippen LogP contribution in [0.5, 0.6) is 0 Å². The van der Waals surface area contributed by atoms with E-state index in [4.69, 9.17) is 15.2 Å². The van der Waals surface area contributed by atoms with Crippen molar-refractivity contribution in [1.82, 2.24) is 4.98 Å². The molecule has 0 saturated heterocycles. The average molecular weight is 479 g/mol. The highest BCUT2D eigenvalue weighted by molar-refractivity contribution is 7.99. The Hall–Kier alpha value is -3.82. The number of nitrogens with two attached hydrogens (primary N) is 1. The van der Waals surface area contributed by atoms with Crippen LogP contribution in [0.25, 0.3) is 0 Å². The lowest BCUT2D eigenvalue weighted by Crippen LogP contribution is -2.27. The van der Waals surface area contributed by atoms with E-state index in [1.807, 2.05) is 26.8 Å². The summed E-state index contributed by atoms with van der Waals surface area (Å²) in [6, 6.07) is 9.78. The van der Waals surface area contributed by atoms with Gasteiger partial charge in [-0.1, -0.05) is 23.9 Å². The summed E-state index contributed by atoms with van der Waals surface area (Å²) in [6.07, 6.45) is 0. The molecular weight excluding hydrogens is 455 g/mol. The van der Waals surface area contributed by atoms with Gasteiger partial charge in [-0.15, -0.1) is 0 Å². The smallest absolute Gasteiger partial charge is 0.338 e. The van der Waals surface area contributed by atoms with Crippen molar-refractivity contribution in [3.8, 4) is 12.1 Å². The Morgan fingerprint density at radius 3 is 2.62 bits per heavy atom. The molecule has 0 spiro atoms. The van der Waals surface area contributed by atoms with Crippen LogP contribution in [-0.2, 0) is 14.3 Å². The van der Waals surface area contributed by atoms with Gasteiger partial charge in [-0.25, -0.2) is 14.2 Å². The number of ether oxygens (including phenoxy) is 2. The molecule has 1 aliphatic heterocycles. The maximum absolute atomic E-state index is 14.0. The first-order valence-corrected chi connectivity index (χ1v) is 11.5. The summed E-state index contributed by atoms with van der Waals surface area (Å²) in [7, 11) is 0. The van der Waals surface area contributed by atoms with Crippen molar-refractivity contribution in [2.24, 2.45) is 5.73 Å². The first-order valence-electron chi connectivity index (χ1n) is 10.5. The number of esters is 1. The summed E-state index contributed by atoms with van der Waals surface area (Å²) < 4.78 is 25.0. The molecule has 0 bridgehead atoms. The molecule has 2 aromatic rings. The number of nitriles is 2. The van der Waals surface area contributed by atoms with Crippen molar-refractivity contribution in [3.63, 3.8) is 0 Å². The molecule has 0 fully saturated rings. The number of thioether (sulfide) groups is 1. The van der Waals surface area contributed by atoms with Crippen LogP contribution in [0.15, 0.2) is 52.1 Å². The van der Waals surface area contributed by atoms with Gasteiger partial charge in [0, 0.05) is 5.69 Å².